The Kier molecular flexibility index (Phi) is 4.06. The molecule has 6 fully saturated rings. The molecule has 0 bridgehead atoms. The molecular weight excluding hydrogens is 412 g/mol. The van der Waals surface area contributed by atoms with E-state index in [0.717, 1.165) is 38.5 Å². The first-order valence-corrected chi connectivity index (χ1v) is 12.4. The lowest BCUT2D eigenvalue weighted by atomic mass is 9.43. The van der Waals surface area contributed by atoms with Gasteiger partial charge in [0, 0.05) is 24.2 Å². The minimum Gasteiger partial charge on any atom is -0.462 e. The standard InChI is InChI=1S/C25H36O7/c1-13(26)30-14-5-7-21(2)16-6-8-22(3)17(15(16)9-18-24(21,11-14)32-18)10-19-25(22,29)23(4,28)12-20(27)31-19/h14-19,28-29H,5-12H2,1-4H3/t14?,15?,16?,17?,18-,19?,21+,22-,23?,24-,25+/m0/s1. The van der Waals surface area contributed by atoms with E-state index in [9.17, 15) is 19.8 Å². The molecule has 6 unspecified atom stereocenters. The van der Waals surface area contributed by atoms with Crippen LogP contribution in [0.4, 0.5) is 0 Å². The molecule has 0 aromatic carbocycles. The van der Waals surface area contributed by atoms with Crippen LogP contribution in [0.5, 0.6) is 0 Å². The van der Waals surface area contributed by atoms with E-state index in [4.69, 9.17) is 14.2 Å². The number of ether oxygens (including phenoxy) is 3. The maximum Gasteiger partial charge on any atom is 0.309 e. The van der Waals surface area contributed by atoms with Gasteiger partial charge in [0.25, 0.3) is 0 Å². The Morgan fingerprint density at radius 3 is 2.47 bits per heavy atom. The zero-order valence-corrected chi connectivity index (χ0v) is 19.6. The van der Waals surface area contributed by atoms with Gasteiger partial charge in [-0.3, -0.25) is 9.59 Å². The molecule has 32 heavy (non-hydrogen) atoms. The SMILES string of the molecule is CC(=O)OC1CC[C@]2(C)C3CC[C@@]4(C)C(CC5OC(=O)CC(C)(O)[C@@]54O)C3C[C@@H]3O[C@@]32C1. The maximum atomic E-state index is 12.2. The molecule has 11 atom stereocenters. The number of fused-ring (bicyclic) bond motifs is 6. The van der Waals surface area contributed by atoms with Gasteiger partial charge < -0.3 is 24.4 Å². The summed E-state index contributed by atoms with van der Waals surface area (Å²) in [6, 6.07) is 0. The van der Waals surface area contributed by atoms with Gasteiger partial charge >= 0.3 is 11.9 Å². The Labute approximate surface area is 189 Å². The molecule has 7 heteroatoms. The molecule has 1 spiro atoms. The van der Waals surface area contributed by atoms with Gasteiger partial charge in [-0.05, 0) is 63.2 Å². The van der Waals surface area contributed by atoms with Gasteiger partial charge in [0.15, 0.2) is 0 Å². The van der Waals surface area contributed by atoms with Crippen molar-refractivity contribution in [1.82, 2.24) is 0 Å². The van der Waals surface area contributed by atoms with E-state index in [-0.39, 0.29) is 41.5 Å². The third-order valence-corrected chi connectivity index (χ3v) is 11.2. The van der Waals surface area contributed by atoms with Crippen LogP contribution in [0.15, 0.2) is 0 Å². The first kappa shape index (κ1) is 21.4. The van der Waals surface area contributed by atoms with Crippen LogP contribution < -0.4 is 0 Å². The summed E-state index contributed by atoms with van der Waals surface area (Å²) in [6.45, 7) is 7.55. The lowest BCUT2D eigenvalue weighted by Gasteiger charge is -2.61. The van der Waals surface area contributed by atoms with Crippen molar-refractivity contribution in [3.05, 3.63) is 0 Å². The largest absolute Gasteiger partial charge is 0.462 e. The third kappa shape index (κ3) is 2.28. The van der Waals surface area contributed by atoms with Crippen LogP contribution in [0.25, 0.3) is 0 Å². The zero-order valence-electron chi connectivity index (χ0n) is 19.6. The van der Waals surface area contributed by atoms with E-state index >= 15 is 0 Å². The second kappa shape index (κ2) is 6.08. The number of aliphatic hydroxyl groups is 2. The molecule has 2 aliphatic heterocycles. The Bertz CT molecular complexity index is 886. The van der Waals surface area contributed by atoms with Crippen molar-refractivity contribution in [2.75, 3.05) is 0 Å². The van der Waals surface area contributed by atoms with Gasteiger partial charge in [0.1, 0.15) is 29.0 Å². The van der Waals surface area contributed by atoms with Gasteiger partial charge in [-0.25, -0.2) is 0 Å². The van der Waals surface area contributed by atoms with E-state index < -0.39 is 28.7 Å². The van der Waals surface area contributed by atoms with Crippen molar-refractivity contribution in [1.29, 1.82) is 0 Å². The zero-order chi connectivity index (χ0) is 22.9. The van der Waals surface area contributed by atoms with Crippen LogP contribution in [0.3, 0.4) is 0 Å². The second-order valence-electron chi connectivity index (χ2n) is 12.4. The van der Waals surface area contributed by atoms with Gasteiger partial charge in [0.05, 0.1) is 12.5 Å². The summed E-state index contributed by atoms with van der Waals surface area (Å²) in [5.74, 6) is 0.319. The van der Waals surface area contributed by atoms with Crippen molar-refractivity contribution in [2.24, 2.45) is 28.6 Å². The first-order chi connectivity index (χ1) is 14.9. The van der Waals surface area contributed by atoms with Gasteiger partial charge in [-0.1, -0.05) is 13.8 Å². The quantitative estimate of drug-likeness (QED) is 0.469. The minimum absolute atomic E-state index is 0.00807. The molecule has 6 aliphatic rings. The number of rotatable bonds is 1. The Balaban J connectivity index is 1.33. The number of epoxide rings is 1. The van der Waals surface area contributed by atoms with E-state index in [2.05, 4.69) is 13.8 Å². The Morgan fingerprint density at radius 1 is 1.03 bits per heavy atom. The molecule has 178 valence electrons. The topological polar surface area (TPSA) is 106 Å². The number of esters is 2. The highest BCUT2D eigenvalue weighted by Crippen LogP contribution is 2.75. The number of hydrogen-bond donors (Lipinski definition) is 2. The highest BCUT2D eigenvalue weighted by Gasteiger charge is 2.80. The van der Waals surface area contributed by atoms with E-state index in [1.807, 2.05) is 0 Å². The normalized spacial score (nSPS) is 60.1. The van der Waals surface area contributed by atoms with Crippen molar-refractivity contribution >= 4 is 11.9 Å². The molecule has 4 aliphatic carbocycles. The summed E-state index contributed by atoms with van der Waals surface area (Å²) in [6.07, 6.45) is 5.13. The van der Waals surface area contributed by atoms with E-state index in [1.165, 1.54) is 6.92 Å². The second-order valence-corrected chi connectivity index (χ2v) is 12.4. The van der Waals surface area contributed by atoms with Crippen LogP contribution in [0, 0.1) is 28.6 Å². The van der Waals surface area contributed by atoms with Crippen molar-refractivity contribution in [3.8, 4) is 0 Å². The summed E-state index contributed by atoms with van der Waals surface area (Å²) in [5.41, 5.74) is -3.64. The summed E-state index contributed by atoms with van der Waals surface area (Å²) in [7, 11) is 0. The Hall–Kier alpha value is -1.18. The van der Waals surface area contributed by atoms with E-state index in [1.54, 1.807) is 6.92 Å². The highest BCUT2D eigenvalue weighted by molar-refractivity contribution is 5.73. The highest BCUT2D eigenvalue weighted by atomic mass is 16.6. The van der Waals surface area contributed by atoms with Crippen molar-refractivity contribution in [3.63, 3.8) is 0 Å². The molecule has 6 rings (SSSR count). The molecule has 2 heterocycles. The number of hydrogen-bond acceptors (Lipinski definition) is 7. The van der Waals surface area contributed by atoms with Crippen molar-refractivity contribution in [2.45, 2.75) is 114 Å². The number of carbonyl (C=O) groups is 2. The monoisotopic (exact) mass is 448 g/mol. The van der Waals surface area contributed by atoms with Crippen LogP contribution in [0.2, 0.25) is 0 Å². The fourth-order valence-electron chi connectivity index (χ4n) is 9.68. The van der Waals surface area contributed by atoms with Crippen LogP contribution in [-0.2, 0) is 23.8 Å². The lowest BCUT2D eigenvalue weighted by Crippen LogP contribution is -2.70. The summed E-state index contributed by atoms with van der Waals surface area (Å²) < 4.78 is 17.7. The molecule has 2 saturated heterocycles. The third-order valence-electron chi connectivity index (χ3n) is 11.2. The molecule has 7 nitrogen and oxygen atoms in total. The van der Waals surface area contributed by atoms with Gasteiger partial charge in [0.2, 0.25) is 0 Å². The summed E-state index contributed by atoms with van der Waals surface area (Å²) in [5, 5.41) is 23.2. The van der Waals surface area contributed by atoms with Gasteiger partial charge in [-0.2, -0.15) is 0 Å². The molecular formula is C25H36O7. The molecule has 0 aromatic rings. The average Bonchev–Trinajstić information content (AvgIpc) is 3.32. The fourth-order valence-corrected chi connectivity index (χ4v) is 9.68. The Morgan fingerprint density at radius 2 is 1.75 bits per heavy atom. The number of carbonyl (C=O) groups excluding carboxylic acids is 2. The fraction of sp³-hybridized carbons (Fsp3) is 0.920. The predicted octanol–water partition coefficient (Wildman–Crippen LogP) is 2.50. The smallest absolute Gasteiger partial charge is 0.309 e. The summed E-state index contributed by atoms with van der Waals surface area (Å²) in [4.78, 5) is 23.8. The van der Waals surface area contributed by atoms with Crippen LogP contribution >= 0.6 is 0 Å². The maximum absolute atomic E-state index is 12.2. The van der Waals surface area contributed by atoms with E-state index in [0.29, 0.717) is 18.3 Å². The minimum atomic E-state index is -1.50. The van der Waals surface area contributed by atoms with Crippen LogP contribution in [0.1, 0.15) is 79.1 Å². The molecule has 0 amide bonds. The van der Waals surface area contributed by atoms with Crippen molar-refractivity contribution < 1.29 is 34.0 Å². The van der Waals surface area contributed by atoms with Crippen LogP contribution in [-0.4, -0.2) is 57.3 Å². The molecule has 0 radical (unpaired) electrons. The first-order valence-electron chi connectivity index (χ1n) is 12.4. The van der Waals surface area contributed by atoms with Gasteiger partial charge in [-0.15, -0.1) is 0 Å². The molecule has 4 saturated carbocycles. The predicted molar refractivity (Wildman–Crippen MR) is 112 cm³/mol. The lowest BCUT2D eigenvalue weighted by molar-refractivity contribution is -0.271. The molecule has 0 aromatic heterocycles. The average molecular weight is 449 g/mol. The molecule has 2 N–H and O–H groups in total. The summed E-state index contributed by atoms with van der Waals surface area (Å²) >= 11 is 0.